The number of hydrogen-bond acceptors (Lipinski definition) is 7. The number of nitrogens with zero attached hydrogens (tertiary/aromatic N) is 5. The van der Waals surface area contributed by atoms with Gasteiger partial charge in [-0.05, 0) is 61.4 Å². The molecule has 0 unspecified atom stereocenters. The minimum atomic E-state index is -4.40. The van der Waals surface area contributed by atoms with Crippen molar-refractivity contribution in [2.24, 2.45) is 0 Å². The van der Waals surface area contributed by atoms with E-state index in [9.17, 15) is 13.2 Å². The molecule has 0 bridgehead atoms. The summed E-state index contributed by atoms with van der Waals surface area (Å²) < 4.78 is 55.1. The molecule has 3 aromatic rings. The fraction of sp³-hybridized carbons (Fsp3) is 0.600. The van der Waals surface area contributed by atoms with Crippen molar-refractivity contribution in [3.8, 4) is 5.75 Å². The van der Waals surface area contributed by atoms with E-state index in [0.29, 0.717) is 43.2 Å². The average Bonchev–Trinajstić information content (AvgIpc) is 3.60. The average molecular weight is 628 g/mol. The molecule has 1 aliphatic carbocycles. The molecule has 2 aliphatic heterocycles. The quantitative estimate of drug-likeness (QED) is 0.262. The van der Waals surface area contributed by atoms with Crippen LogP contribution in [-0.4, -0.2) is 87.7 Å². The van der Waals surface area contributed by atoms with Crippen molar-refractivity contribution >= 4 is 22.4 Å². The Labute approximate surface area is 265 Å². The Balaban J connectivity index is 0.00000196. The lowest BCUT2D eigenvalue weighted by molar-refractivity contribution is -0.191. The molecule has 0 radical (unpaired) electrons. The lowest BCUT2D eigenvalue weighted by atomic mass is 9.84. The maximum atomic E-state index is 14.7. The lowest BCUT2D eigenvalue weighted by Crippen LogP contribution is -2.42. The van der Waals surface area contributed by atoms with Gasteiger partial charge >= 0.3 is 6.18 Å². The summed E-state index contributed by atoms with van der Waals surface area (Å²) in [4.78, 5) is 16.2. The molecular formula is C35H48F3N5O2. The van der Waals surface area contributed by atoms with E-state index < -0.39 is 11.6 Å². The van der Waals surface area contributed by atoms with E-state index in [1.807, 2.05) is 44.2 Å². The number of fused-ring (bicyclic) bond motifs is 1. The number of anilines is 2. The highest BCUT2D eigenvalue weighted by atomic mass is 19.4. The van der Waals surface area contributed by atoms with Gasteiger partial charge in [-0.1, -0.05) is 44.9 Å². The summed E-state index contributed by atoms with van der Waals surface area (Å²) in [6, 6.07) is 14.0. The molecule has 2 aromatic carbocycles. The van der Waals surface area contributed by atoms with Crippen LogP contribution in [0.15, 0.2) is 42.5 Å². The fourth-order valence-corrected chi connectivity index (χ4v) is 7.06. The Kier molecular flexibility index (Phi) is 10.7. The monoisotopic (exact) mass is 627 g/mol. The predicted molar refractivity (Wildman–Crippen MR) is 175 cm³/mol. The number of ether oxygens (including phenoxy) is 2. The number of morpholine rings is 1. The third kappa shape index (κ3) is 7.02. The van der Waals surface area contributed by atoms with Crippen LogP contribution in [0.1, 0.15) is 69.7 Å². The van der Waals surface area contributed by atoms with Crippen molar-refractivity contribution in [3.63, 3.8) is 0 Å². The molecule has 0 spiro atoms. The van der Waals surface area contributed by atoms with Crippen LogP contribution >= 0.6 is 0 Å². The predicted octanol–water partition coefficient (Wildman–Crippen LogP) is 7.19. The van der Waals surface area contributed by atoms with Gasteiger partial charge in [0.05, 0.1) is 25.8 Å². The van der Waals surface area contributed by atoms with Crippen molar-refractivity contribution in [2.45, 2.75) is 69.9 Å². The molecule has 7 nitrogen and oxygen atoms in total. The van der Waals surface area contributed by atoms with Crippen molar-refractivity contribution in [1.82, 2.24) is 14.9 Å². The highest BCUT2D eigenvalue weighted by Gasteiger charge is 2.59. The molecule has 0 amide bonds. The summed E-state index contributed by atoms with van der Waals surface area (Å²) in [5.74, 6) is 1.75. The fourth-order valence-electron chi connectivity index (χ4n) is 7.06. The zero-order valence-corrected chi connectivity index (χ0v) is 27.2. The third-order valence-electron chi connectivity index (χ3n) is 9.76. The van der Waals surface area contributed by atoms with Crippen LogP contribution in [0.4, 0.5) is 24.7 Å². The van der Waals surface area contributed by atoms with Gasteiger partial charge in [-0.3, -0.25) is 4.90 Å². The van der Waals surface area contributed by atoms with Crippen LogP contribution in [0.3, 0.4) is 0 Å². The van der Waals surface area contributed by atoms with Crippen molar-refractivity contribution in [2.75, 3.05) is 76.4 Å². The van der Waals surface area contributed by atoms with E-state index in [1.165, 1.54) is 5.56 Å². The van der Waals surface area contributed by atoms with E-state index >= 15 is 0 Å². The minimum absolute atomic E-state index is 0.0414. The van der Waals surface area contributed by atoms with Crippen LogP contribution in [-0.2, 0) is 10.2 Å². The van der Waals surface area contributed by atoms with Gasteiger partial charge in [0.25, 0.3) is 0 Å². The van der Waals surface area contributed by atoms with Gasteiger partial charge in [0.2, 0.25) is 0 Å². The number of halogens is 3. The van der Waals surface area contributed by atoms with Crippen LogP contribution < -0.4 is 14.5 Å². The number of piperidine rings is 1. The number of hydrogen-bond donors (Lipinski definition) is 0. The van der Waals surface area contributed by atoms with E-state index in [2.05, 4.69) is 38.9 Å². The first kappa shape index (κ1) is 33.3. The zero-order chi connectivity index (χ0) is 32.0. The highest BCUT2D eigenvalue weighted by Crippen LogP contribution is 2.52. The SMILES string of the molecule is CC.COc1ccccc1C1CCN(c2nc(C3(C(F)(F)F)CCCC3)nc3ccc(N(C)CCN4CCOCC4)cc23)CC1. The maximum absolute atomic E-state index is 14.7. The first-order valence-corrected chi connectivity index (χ1v) is 16.6. The van der Waals surface area contributed by atoms with Gasteiger partial charge in [0, 0.05) is 57.4 Å². The highest BCUT2D eigenvalue weighted by molar-refractivity contribution is 5.92. The molecule has 0 atom stereocenters. The maximum Gasteiger partial charge on any atom is 0.401 e. The second-order valence-corrected chi connectivity index (χ2v) is 12.2. The summed E-state index contributed by atoms with van der Waals surface area (Å²) in [6.45, 7) is 10.5. The standard InChI is InChI=1S/C33H42F3N5O2.C2H6/c1-39(17-18-40-19-21-43-22-20-40)25-9-10-28-27(23-25)30(38-31(37-28)32(33(34,35)36)13-5-6-14-32)41-15-11-24(12-16-41)26-7-3-4-8-29(26)42-2;1-2/h3-4,7-10,23-24H,5-6,11-22H2,1-2H3;1-2H3. The first-order valence-electron chi connectivity index (χ1n) is 16.6. The Morgan fingerprint density at radius 3 is 2.33 bits per heavy atom. The van der Waals surface area contributed by atoms with E-state index in [0.717, 1.165) is 69.1 Å². The van der Waals surface area contributed by atoms with Gasteiger partial charge in [-0.15, -0.1) is 0 Å². The number of methoxy groups -OCH3 is 1. The summed E-state index contributed by atoms with van der Waals surface area (Å²) in [6.07, 6.45) is -1.51. The van der Waals surface area contributed by atoms with Crippen molar-refractivity contribution in [1.29, 1.82) is 0 Å². The molecule has 3 fully saturated rings. The molecule has 1 aromatic heterocycles. The van der Waals surface area contributed by atoms with Crippen molar-refractivity contribution < 1.29 is 22.6 Å². The summed E-state index contributed by atoms with van der Waals surface area (Å²) in [5.41, 5.74) is 0.782. The number of rotatable bonds is 8. The number of para-hydroxylation sites is 1. The van der Waals surface area contributed by atoms with E-state index in [1.54, 1.807) is 7.11 Å². The molecule has 2 saturated heterocycles. The molecule has 6 rings (SSSR count). The van der Waals surface area contributed by atoms with Crippen LogP contribution in [0.2, 0.25) is 0 Å². The van der Waals surface area contributed by atoms with Gasteiger partial charge in [-0.2, -0.15) is 13.2 Å². The molecule has 246 valence electrons. The Bertz CT molecular complexity index is 1400. The van der Waals surface area contributed by atoms with Crippen LogP contribution in [0.25, 0.3) is 10.9 Å². The normalized spacial score (nSPS) is 19.3. The first-order chi connectivity index (χ1) is 21.8. The molecule has 3 aliphatic rings. The van der Waals surface area contributed by atoms with Crippen molar-refractivity contribution in [3.05, 3.63) is 53.9 Å². The number of alkyl halides is 3. The number of likely N-dealkylation sites (N-methyl/N-ethyl adjacent to an activating group) is 1. The van der Waals surface area contributed by atoms with E-state index in [-0.39, 0.29) is 18.7 Å². The van der Waals surface area contributed by atoms with Gasteiger partial charge in [0.15, 0.2) is 0 Å². The topological polar surface area (TPSA) is 54.0 Å². The van der Waals surface area contributed by atoms with Crippen LogP contribution in [0.5, 0.6) is 5.75 Å². The van der Waals surface area contributed by atoms with Gasteiger partial charge < -0.3 is 19.3 Å². The summed E-state index contributed by atoms with van der Waals surface area (Å²) >= 11 is 0. The smallest absolute Gasteiger partial charge is 0.401 e. The second-order valence-electron chi connectivity index (χ2n) is 12.2. The third-order valence-corrected chi connectivity index (χ3v) is 9.76. The molecule has 3 heterocycles. The largest absolute Gasteiger partial charge is 0.496 e. The van der Waals surface area contributed by atoms with Gasteiger partial charge in [0.1, 0.15) is 22.8 Å². The Morgan fingerprint density at radius 2 is 1.67 bits per heavy atom. The molecule has 10 heteroatoms. The second kappa shape index (κ2) is 14.5. The number of aromatic nitrogens is 2. The Morgan fingerprint density at radius 1 is 0.978 bits per heavy atom. The number of benzene rings is 2. The molecule has 1 saturated carbocycles. The minimum Gasteiger partial charge on any atom is -0.496 e. The molecular weight excluding hydrogens is 579 g/mol. The molecule has 45 heavy (non-hydrogen) atoms. The summed E-state index contributed by atoms with van der Waals surface area (Å²) in [7, 11) is 3.75. The Hall–Kier alpha value is -3.11. The van der Waals surface area contributed by atoms with Gasteiger partial charge in [-0.25, -0.2) is 9.97 Å². The molecule has 0 N–H and O–H groups in total. The van der Waals surface area contributed by atoms with Crippen LogP contribution in [0, 0.1) is 0 Å². The zero-order valence-electron chi connectivity index (χ0n) is 27.2. The summed E-state index contributed by atoms with van der Waals surface area (Å²) in [5, 5.41) is 0.811. The van der Waals surface area contributed by atoms with E-state index in [4.69, 9.17) is 14.5 Å². The lowest BCUT2D eigenvalue weighted by Gasteiger charge is -2.36.